The number of hydrogen-bond donors (Lipinski definition) is 1. The first-order chi connectivity index (χ1) is 14.3. The number of hydrogen-bond acceptors (Lipinski definition) is 5. The molecule has 0 bridgehead atoms. The number of unbranched alkanes of at least 4 members (excludes halogenated alkanes) is 1. The number of pyridine rings is 2. The van der Waals surface area contributed by atoms with E-state index >= 15 is 0 Å². The fourth-order valence-corrected chi connectivity index (χ4v) is 3.21. The van der Waals surface area contributed by atoms with Gasteiger partial charge >= 0.3 is 0 Å². The lowest BCUT2D eigenvalue weighted by molar-refractivity contribution is 0.0948. The van der Waals surface area contributed by atoms with Gasteiger partial charge in [0.15, 0.2) is 7.28 Å². The van der Waals surface area contributed by atoms with E-state index in [0.29, 0.717) is 23.5 Å². The molecule has 7 heteroatoms. The molecule has 3 aromatic heterocycles. The van der Waals surface area contributed by atoms with Crippen LogP contribution in [0.15, 0.2) is 59.3 Å². The number of furan rings is 1. The number of benzene rings is 1. The van der Waals surface area contributed by atoms with Crippen molar-refractivity contribution in [3.8, 4) is 11.3 Å². The van der Waals surface area contributed by atoms with Crippen LogP contribution in [0, 0.1) is 0 Å². The lowest BCUT2D eigenvalue weighted by Gasteiger charge is -2.07. The molecule has 143 valence electrons. The SMILES string of the molecule is O=C[B]CCCCNC(=O)c1ccc2cncc(-c3cc4ccccc4o3)c2n1. The first kappa shape index (κ1) is 18.9. The molecule has 0 atom stereocenters. The zero-order valence-electron chi connectivity index (χ0n) is 15.8. The van der Waals surface area contributed by atoms with E-state index in [9.17, 15) is 9.59 Å². The second-order valence-electron chi connectivity index (χ2n) is 6.73. The van der Waals surface area contributed by atoms with E-state index in [4.69, 9.17) is 4.42 Å². The summed E-state index contributed by atoms with van der Waals surface area (Å²) >= 11 is 0. The fourth-order valence-electron chi connectivity index (χ4n) is 3.21. The van der Waals surface area contributed by atoms with Gasteiger partial charge in [-0.25, -0.2) is 4.98 Å². The standard InChI is InChI=1S/C22H19BN3O3/c27-14-23-9-3-4-10-25-22(28)18-8-7-16-12-24-13-17(21(16)26-18)20-11-15-5-1-2-6-19(15)29-20/h1-2,5-8,11-14H,3-4,9-10H2,(H,25,28). The van der Waals surface area contributed by atoms with Crippen molar-refractivity contribution < 1.29 is 14.0 Å². The van der Waals surface area contributed by atoms with Crippen LogP contribution in [0.2, 0.25) is 6.32 Å². The van der Waals surface area contributed by atoms with Crippen molar-refractivity contribution in [1.29, 1.82) is 0 Å². The van der Waals surface area contributed by atoms with Gasteiger partial charge in [-0.05, 0) is 30.7 Å². The van der Waals surface area contributed by atoms with Gasteiger partial charge in [0, 0.05) is 29.7 Å². The fraction of sp³-hybridized carbons (Fsp3) is 0.182. The lowest BCUT2D eigenvalue weighted by Crippen LogP contribution is -2.25. The molecule has 0 aliphatic rings. The summed E-state index contributed by atoms with van der Waals surface area (Å²) in [5, 5.41) is 4.72. The molecule has 0 aliphatic heterocycles. The molecule has 4 aromatic rings. The Bertz CT molecular complexity index is 1140. The van der Waals surface area contributed by atoms with Crippen molar-refractivity contribution in [2.24, 2.45) is 0 Å². The summed E-state index contributed by atoms with van der Waals surface area (Å²) in [5.41, 5.74) is 2.56. The van der Waals surface area contributed by atoms with Crippen LogP contribution in [0.1, 0.15) is 23.3 Å². The van der Waals surface area contributed by atoms with Crippen LogP contribution in [-0.2, 0) is 4.79 Å². The summed E-state index contributed by atoms with van der Waals surface area (Å²) in [7, 11) is 1.58. The molecule has 3 heterocycles. The van der Waals surface area contributed by atoms with Crippen molar-refractivity contribution in [1.82, 2.24) is 15.3 Å². The number of fused-ring (bicyclic) bond motifs is 2. The molecule has 1 N–H and O–H groups in total. The van der Waals surface area contributed by atoms with Crippen LogP contribution in [0.5, 0.6) is 0 Å². The largest absolute Gasteiger partial charge is 0.456 e. The molecule has 0 aliphatic carbocycles. The summed E-state index contributed by atoms with van der Waals surface area (Å²) in [6.45, 7) is 0.540. The number of para-hydroxylation sites is 1. The summed E-state index contributed by atoms with van der Waals surface area (Å²) in [5.74, 6) is 0.444. The second-order valence-corrected chi connectivity index (χ2v) is 6.73. The van der Waals surface area contributed by atoms with E-state index in [1.165, 1.54) is 0 Å². The summed E-state index contributed by atoms with van der Waals surface area (Å²) in [4.78, 5) is 31.6. The Morgan fingerprint density at radius 2 is 2.00 bits per heavy atom. The van der Waals surface area contributed by atoms with Crippen LogP contribution < -0.4 is 5.32 Å². The van der Waals surface area contributed by atoms with Crippen molar-refractivity contribution in [3.05, 3.63) is 60.6 Å². The number of carbonyl (C=O) groups excluding carboxylic acids is 2. The number of rotatable bonds is 8. The highest BCUT2D eigenvalue weighted by atomic mass is 16.3. The zero-order chi connectivity index (χ0) is 20.1. The molecular formula is C22H19BN3O3. The molecule has 1 amide bonds. The van der Waals surface area contributed by atoms with Crippen LogP contribution in [0.4, 0.5) is 0 Å². The highest BCUT2D eigenvalue weighted by Gasteiger charge is 2.14. The van der Waals surface area contributed by atoms with E-state index < -0.39 is 0 Å². The predicted molar refractivity (Wildman–Crippen MR) is 114 cm³/mol. The normalized spacial score (nSPS) is 10.9. The van der Waals surface area contributed by atoms with Gasteiger partial charge in [0.1, 0.15) is 17.0 Å². The molecule has 29 heavy (non-hydrogen) atoms. The first-order valence-electron chi connectivity index (χ1n) is 9.55. The van der Waals surface area contributed by atoms with Crippen LogP contribution >= 0.6 is 0 Å². The minimum atomic E-state index is -0.223. The molecule has 1 radical (unpaired) electrons. The molecule has 0 fully saturated rings. The summed E-state index contributed by atoms with van der Waals surface area (Å²) in [6, 6.07) is 13.3. The molecule has 0 saturated heterocycles. The number of nitrogens with one attached hydrogen (secondary N) is 1. The topological polar surface area (TPSA) is 85.1 Å². The summed E-state index contributed by atoms with van der Waals surface area (Å²) < 4.78 is 5.97. The number of amides is 1. The van der Waals surface area contributed by atoms with Crippen molar-refractivity contribution in [2.45, 2.75) is 19.2 Å². The molecule has 1 aromatic carbocycles. The number of aromatic nitrogens is 2. The van der Waals surface area contributed by atoms with Gasteiger partial charge in [-0.3, -0.25) is 9.78 Å². The molecular weight excluding hydrogens is 365 g/mol. The van der Waals surface area contributed by atoms with Gasteiger partial charge in [-0.15, -0.1) is 0 Å². The van der Waals surface area contributed by atoms with Crippen molar-refractivity contribution >= 4 is 41.2 Å². The maximum Gasteiger partial charge on any atom is 0.269 e. The predicted octanol–water partition coefficient (Wildman–Crippen LogP) is 3.87. The third kappa shape index (κ3) is 4.19. The van der Waals surface area contributed by atoms with Gasteiger partial charge in [0.05, 0.1) is 17.3 Å². The van der Waals surface area contributed by atoms with Crippen LogP contribution in [0.25, 0.3) is 33.2 Å². The Morgan fingerprint density at radius 3 is 2.86 bits per heavy atom. The third-order valence-electron chi connectivity index (χ3n) is 4.70. The highest BCUT2D eigenvalue weighted by Crippen LogP contribution is 2.31. The van der Waals surface area contributed by atoms with Crippen LogP contribution in [0.3, 0.4) is 0 Å². The average molecular weight is 384 g/mol. The molecule has 4 rings (SSSR count). The Labute approximate surface area is 168 Å². The Morgan fingerprint density at radius 1 is 1.10 bits per heavy atom. The van der Waals surface area contributed by atoms with Gasteiger partial charge in [0.25, 0.3) is 5.91 Å². The minimum Gasteiger partial charge on any atom is -0.456 e. The van der Waals surface area contributed by atoms with Crippen molar-refractivity contribution in [3.63, 3.8) is 0 Å². The van der Waals surface area contributed by atoms with Gasteiger partial charge < -0.3 is 14.5 Å². The maximum atomic E-state index is 12.5. The minimum absolute atomic E-state index is 0.223. The van der Waals surface area contributed by atoms with Gasteiger partial charge in [-0.1, -0.05) is 30.9 Å². The quantitative estimate of drug-likeness (QED) is 0.283. The molecule has 0 unspecified atom stereocenters. The third-order valence-corrected chi connectivity index (χ3v) is 4.70. The average Bonchev–Trinajstić information content (AvgIpc) is 3.19. The Kier molecular flexibility index (Phi) is 5.65. The first-order valence-corrected chi connectivity index (χ1v) is 9.55. The zero-order valence-corrected chi connectivity index (χ0v) is 15.8. The van der Waals surface area contributed by atoms with Crippen molar-refractivity contribution in [2.75, 3.05) is 6.54 Å². The van der Waals surface area contributed by atoms with E-state index in [0.717, 1.165) is 47.3 Å². The van der Waals surface area contributed by atoms with Gasteiger partial charge in [-0.2, -0.15) is 0 Å². The number of nitrogens with zero attached hydrogens (tertiary/aromatic N) is 2. The van der Waals surface area contributed by atoms with E-state index in [-0.39, 0.29) is 5.91 Å². The van der Waals surface area contributed by atoms with E-state index in [2.05, 4.69) is 15.3 Å². The monoisotopic (exact) mass is 384 g/mol. The molecule has 0 saturated carbocycles. The van der Waals surface area contributed by atoms with Gasteiger partial charge in [0.2, 0.25) is 0 Å². The van der Waals surface area contributed by atoms with E-state index in [1.54, 1.807) is 25.7 Å². The Hall–Kier alpha value is -3.48. The Balaban J connectivity index is 1.57. The van der Waals surface area contributed by atoms with Crippen LogP contribution in [-0.4, -0.2) is 35.9 Å². The second kappa shape index (κ2) is 8.69. The summed E-state index contributed by atoms with van der Waals surface area (Å²) in [6.07, 6.45) is 6.61. The molecule has 0 spiro atoms. The lowest BCUT2D eigenvalue weighted by atomic mass is 9.75. The highest BCUT2D eigenvalue weighted by molar-refractivity contribution is 6.66. The smallest absolute Gasteiger partial charge is 0.269 e. The maximum absolute atomic E-state index is 12.5. The molecule has 6 nitrogen and oxygen atoms in total. The van der Waals surface area contributed by atoms with E-state index in [1.807, 2.05) is 36.4 Å². The number of carbonyl (C=O) groups is 2.